The van der Waals surface area contributed by atoms with E-state index in [0.29, 0.717) is 6.04 Å². The second-order valence-electron chi connectivity index (χ2n) is 5.43. The van der Waals surface area contributed by atoms with Crippen LogP contribution >= 0.6 is 0 Å². The van der Waals surface area contributed by atoms with Gasteiger partial charge in [0.05, 0.1) is 5.52 Å². The number of aromatic nitrogens is 1. The van der Waals surface area contributed by atoms with Crippen molar-refractivity contribution >= 4 is 10.9 Å². The first-order valence-corrected chi connectivity index (χ1v) is 7.05. The highest BCUT2D eigenvalue weighted by Crippen LogP contribution is 2.24. The Morgan fingerprint density at radius 2 is 2.00 bits per heavy atom. The van der Waals surface area contributed by atoms with E-state index >= 15 is 0 Å². The van der Waals surface area contributed by atoms with Crippen molar-refractivity contribution in [2.75, 3.05) is 26.2 Å². The maximum Gasteiger partial charge on any atom is 0.0705 e. The minimum absolute atomic E-state index is 0.467. The Morgan fingerprint density at radius 1 is 1.21 bits per heavy atom. The molecule has 0 saturated carbocycles. The van der Waals surface area contributed by atoms with Crippen LogP contribution in [0.4, 0.5) is 0 Å². The predicted molar refractivity (Wildman–Crippen MR) is 79.3 cm³/mol. The Labute approximate surface area is 114 Å². The van der Waals surface area contributed by atoms with Crippen LogP contribution in [0.1, 0.15) is 24.1 Å². The van der Waals surface area contributed by atoms with Gasteiger partial charge in [-0.05, 0) is 37.1 Å². The Hall–Kier alpha value is -1.45. The number of nitrogens with one attached hydrogen (secondary N) is 1. The van der Waals surface area contributed by atoms with E-state index < -0.39 is 0 Å². The molecule has 0 bridgehead atoms. The summed E-state index contributed by atoms with van der Waals surface area (Å²) >= 11 is 0. The number of aryl methyl sites for hydroxylation is 1. The summed E-state index contributed by atoms with van der Waals surface area (Å²) in [7, 11) is 0. The van der Waals surface area contributed by atoms with Crippen molar-refractivity contribution in [1.29, 1.82) is 0 Å². The summed E-state index contributed by atoms with van der Waals surface area (Å²) < 4.78 is 0. The fourth-order valence-electron chi connectivity index (χ4n) is 2.79. The summed E-state index contributed by atoms with van der Waals surface area (Å²) in [6, 6.07) is 9.34. The van der Waals surface area contributed by atoms with Gasteiger partial charge in [0.25, 0.3) is 0 Å². The van der Waals surface area contributed by atoms with E-state index in [4.69, 9.17) is 0 Å². The van der Waals surface area contributed by atoms with E-state index in [-0.39, 0.29) is 0 Å². The van der Waals surface area contributed by atoms with Gasteiger partial charge in [0, 0.05) is 43.8 Å². The van der Waals surface area contributed by atoms with Gasteiger partial charge in [-0.3, -0.25) is 9.88 Å². The smallest absolute Gasteiger partial charge is 0.0705 e. The number of hydrogen-bond acceptors (Lipinski definition) is 3. The van der Waals surface area contributed by atoms with Gasteiger partial charge >= 0.3 is 0 Å². The highest BCUT2D eigenvalue weighted by molar-refractivity contribution is 5.79. The summed E-state index contributed by atoms with van der Waals surface area (Å²) in [5.74, 6) is 0. The highest BCUT2D eigenvalue weighted by Gasteiger charge is 2.18. The molecule has 1 N–H and O–H groups in total. The molecule has 1 fully saturated rings. The van der Waals surface area contributed by atoms with Gasteiger partial charge < -0.3 is 5.32 Å². The van der Waals surface area contributed by atoms with Crippen molar-refractivity contribution in [3.05, 3.63) is 41.6 Å². The molecule has 0 aliphatic carbocycles. The van der Waals surface area contributed by atoms with Crippen LogP contribution in [0.3, 0.4) is 0 Å². The number of nitrogens with zero attached hydrogens (tertiary/aromatic N) is 2. The van der Waals surface area contributed by atoms with Gasteiger partial charge in [-0.2, -0.15) is 0 Å². The minimum atomic E-state index is 0.467. The van der Waals surface area contributed by atoms with E-state index in [1.54, 1.807) is 0 Å². The Kier molecular flexibility index (Phi) is 3.49. The van der Waals surface area contributed by atoms with E-state index in [9.17, 15) is 0 Å². The lowest BCUT2D eigenvalue weighted by Gasteiger charge is -2.33. The van der Waals surface area contributed by atoms with Gasteiger partial charge in [0.15, 0.2) is 0 Å². The van der Waals surface area contributed by atoms with E-state index in [1.165, 1.54) is 16.5 Å². The summed E-state index contributed by atoms with van der Waals surface area (Å²) in [6.45, 7) is 8.82. The lowest BCUT2D eigenvalue weighted by Crippen LogP contribution is -2.44. The van der Waals surface area contributed by atoms with Crippen LogP contribution in [0.15, 0.2) is 30.5 Å². The van der Waals surface area contributed by atoms with Crippen molar-refractivity contribution in [2.45, 2.75) is 19.9 Å². The molecule has 100 valence electrons. The van der Waals surface area contributed by atoms with Crippen LogP contribution in [0.2, 0.25) is 0 Å². The van der Waals surface area contributed by atoms with Crippen molar-refractivity contribution in [2.24, 2.45) is 0 Å². The fourth-order valence-corrected chi connectivity index (χ4v) is 2.79. The van der Waals surface area contributed by atoms with Crippen LogP contribution in [0.25, 0.3) is 10.9 Å². The summed E-state index contributed by atoms with van der Waals surface area (Å²) in [4.78, 5) is 7.07. The monoisotopic (exact) mass is 255 g/mol. The molecule has 3 heteroatoms. The molecule has 2 aromatic rings. The third-order valence-electron chi connectivity index (χ3n) is 4.03. The number of fused-ring (bicyclic) bond motifs is 1. The quantitative estimate of drug-likeness (QED) is 0.893. The second-order valence-corrected chi connectivity index (χ2v) is 5.43. The maximum absolute atomic E-state index is 4.54. The topological polar surface area (TPSA) is 28.2 Å². The molecule has 19 heavy (non-hydrogen) atoms. The first-order valence-electron chi connectivity index (χ1n) is 7.05. The van der Waals surface area contributed by atoms with Crippen LogP contribution in [0.5, 0.6) is 0 Å². The van der Waals surface area contributed by atoms with Gasteiger partial charge in [-0.1, -0.05) is 12.1 Å². The Balaban J connectivity index is 1.89. The Bertz CT molecular complexity index is 573. The van der Waals surface area contributed by atoms with E-state index in [1.807, 2.05) is 6.20 Å². The third kappa shape index (κ3) is 2.62. The standard InChI is InChI=1S/C16H21N3/c1-12-9-15-4-3-14(10-16(15)18-11-12)13(2)19-7-5-17-6-8-19/h3-4,9-11,13,17H,5-8H2,1-2H3. The maximum atomic E-state index is 4.54. The number of benzene rings is 1. The van der Waals surface area contributed by atoms with Crippen molar-refractivity contribution in [1.82, 2.24) is 15.2 Å². The normalized spacial score (nSPS) is 18.6. The van der Waals surface area contributed by atoms with Crippen LogP contribution in [-0.2, 0) is 0 Å². The molecule has 1 unspecified atom stereocenters. The molecule has 1 aliphatic rings. The zero-order valence-corrected chi connectivity index (χ0v) is 11.7. The largest absolute Gasteiger partial charge is 0.314 e. The van der Waals surface area contributed by atoms with Gasteiger partial charge in [0.1, 0.15) is 0 Å². The van der Waals surface area contributed by atoms with E-state index in [0.717, 1.165) is 31.7 Å². The third-order valence-corrected chi connectivity index (χ3v) is 4.03. The molecular weight excluding hydrogens is 234 g/mol. The molecule has 2 heterocycles. The van der Waals surface area contributed by atoms with Crippen molar-refractivity contribution in [3.63, 3.8) is 0 Å². The minimum Gasteiger partial charge on any atom is -0.314 e. The molecule has 1 saturated heterocycles. The molecule has 1 aliphatic heterocycles. The molecule has 0 amide bonds. The molecule has 3 nitrogen and oxygen atoms in total. The summed E-state index contributed by atoms with van der Waals surface area (Å²) in [5, 5.41) is 4.64. The number of rotatable bonds is 2. The molecule has 3 rings (SSSR count). The molecule has 0 radical (unpaired) electrons. The van der Waals surface area contributed by atoms with Gasteiger partial charge in [-0.25, -0.2) is 0 Å². The molecule has 1 aromatic heterocycles. The van der Waals surface area contributed by atoms with Crippen molar-refractivity contribution in [3.8, 4) is 0 Å². The molecule has 1 aromatic carbocycles. The lowest BCUT2D eigenvalue weighted by atomic mass is 10.0. The average Bonchev–Trinajstić information content (AvgIpc) is 2.47. The molecule has 1 atom stereocenters. The van der Waals surface area contributed by atoms with Crippen LogP contribution in [0, 0.1) is 6.92 Å². The first-order chi connectivity index (χ1) is 9.24. The number of hydrogen-bond donors (Lipinski definition) is 1. The van der Waals surface area contributed by atoms with Crippen LogP contribution in [-0.4, -0.2) is 36.1 Å². The molecule has 0 spiro atoms. The first kappa shape index (κ1) is 12.6. The van der Waals surface area contributed by atoms with Crippen molar-refractivity contribution < 1.29 is 0 Å². The summed E-state index contributed by atoms with van der Waals surface area (Å²) in [5.41, 5.74) is 3.69. The second kappa shape index (κ2) is 5.27. The number of pyridine rings is 1. The van der Waals surface area contributed by atoms with E-state index in [2.05, 4.69) is 53.3 Å². The highest BCUT2D eigenvalue weighted by atomic mass is 15.2. The zero-order chi connectivity index (χ0) is 13.2. The molecular formula is C16H21N3. The Morgan fingerprint density at radius 3 is 2.79 bits per heavy atom. The average molecular weight is 255 g/mol. The SMILES string of the molecule is Cc1cnc2cc(C(C)N3CCNCC3)ccc2c1. The van der Waals surface area contributed by atoms with Gasteiger partial charge in [-0.15, -0.1) is 0 Å². The van der Waals surface area contributed by atoms with Crippen LogP contribution < -0.4 is 5.32 Å². The predicted octanol–water partition coefficient (Wildman–Crippen LogP) is 2.51. The van der Waals surface area contributed by atoms with Gasteiger partial charge in [0.2, 0.25) is 0 Å². The lowest BCUT2D eigenvalue weighted by molar-refractivity contribution is 0.185. The number of piperazine rings is 1. The fraction of sp³-hybridized carbons (Fsp3) is 0.438. The zero-order valence-electron chi connectivity index (χ0n) is 11.7. The summed E-state index contributed by atoms with van der Waals surface area (Å²) in [6.07, 6.45) is 1.95.